The first-order chi connectivity index (χ1) is 6.06. The van der Waals surface area contributed by atoms with Crippen LogP contribution in [-0.4, -0.2) is 10.1 Å². The number of nitrogen functional groups attached to an aromatic ring is 1. The zero-order valence-corrected chi connectivity index (χ0v) is 7.22. The molecule has 0 atom stereocenters. The Balaban J connectivity index is 3.22. The van der Waals surface area contributed by atoms with E-state index in [0.717, 1.165) is 6.07 Å². The number of alkyl halides is 3. The molecule has 0 unspecified atom stereocenters. The van der Waals surface area contributed by atoms with Crippen molar-refractivity contribution in [3.63, 3.8) is 0 Å². The molecule has 0 aliphatic heterocycles. The number of halogens is 3. The molecule has 13 heavy (non-hydrogen) atoms. The summed E-state index contributed by atoms with van der Waals surface area (Å²) in [4.78, 5) is 3.30. The minimum absolute atomic E-state index is 0.0850. The van der Waals surface area contributed by atoms with Crippen LogP contribution >= 0.6 is 11.6 Å². The summed E-state index contributed by atoms with van der Waals surface area (Å²) in [6.45, 7) is 0. The topological polar surface area (TPSA) is 59.1 Å². The van der Waals surface area contributed by atoms with Crippen molar-refractivity contribution < 1.29 is 13.9 Å². The molecule has 3 nitrogen and oxygen atoms in total. The van der Waals surface area contributed by atoms with Crippen molar-refractivity contribution in [1.82, 2.24) is 4.98 Å². The standard InChI is InChI=1S/C7H7ClF2N2O/c8-2-3-1-4(6(9)10)12-7(11)5(3)13/h1,6,13H,2H2,(H2,11,12). The molecule has 1 heterocycles. The summed E-state index contributed by atoms with van der Waals surface area (Å²) in [5.74, 6) is -0.744. The lowest BCUT2D eigenvalue weighted by Crippen LogP contribution is -1.99. The van der Waals surface area contributed by atoms with Crippen molar-refractivity contribution in [2.45, 2.75) is 12.3 Å². The van der Waals surface area contributed by atoms with Crippen molar-refractivity contribution in [3.05, 3.63) is 17.3 Å². The number of aromatic nitrogens is 1. The maximum Gasteiger partial charge on any atom is 0.280 e. The second-order valence-corrected chi connectivity index (χ2v) is 2.64. The average molecular weight is 209 g/mol. The molecule has 0 radical (unpaired) electrons. The van der Waals surface area contributed by atoms with E-state index in [1.807, 2.05) is 0 Å². The van der Waals surface area contributed by atoms with Crippen LogP contribution in [0.3, 0.4) is 0 Å². The summed E-state index contributed by atoms with van der Waals surface area (Å²) in [5.41, 5.74) is 4.86. The van der Waals surface area contributed by atoms with Crippen LogP contribution in [0.25, 0.3) is 0 Å². The Morgan fingerprint density at radius 1 is 1.62 bits per heavy atom. The Labute approximate surface area is 78.1 Å². The van der Waals surface area contributed by atoms with Gasteiger partial charge in [-0.25, -0.2) is 13.8 Å². The van der Waals surface area contributed by atoms with Gasteiger partial charge in [-0.15, -0.1) is 11.6 Å². The molecule has 0 aliphatic rings. The van der Waals surface area contributed by atoms with Gasteiger partial charge in [0.25, 0.3) is 6.43 Å². The molecule has 0 spiro atoms. The van der Waals surface area contributed by atoms with E-state index in [1.54, 1.807) is 0 Å². The molecular formula is C7H7ClF2N2O. The molecule has 0 saturated heterocycles. The minimum Gasteiger partial charge on any atom is -0.504 e. The maximum atomic E-state index is 12.2. The quantitative estimate of drug-likeness (QED) is 0.732. The van der Waals surface area contributed by atoms with Gasteiger partial charge in [0.05, 0.1) is 5.88 Å². The highest BCUT2D eigenvalue weighted by molar-refractivity contribution is 6.17. The Hall–Kier alpha value is -1.10. The second kappa shape index (κ2) is 3.74. The normalized spacial score (nSPS) is 10.8. The van der Waals surface area contributed by atoms with E-state index >= 15 is 0 Å². The third-order valence-corrected chi connectivity index (χ3v) is 1.77. The smallest absolute Gasteiger partial charge is 0.280 e. The predicted molar refractivity (Wildman–Crippen MR) is 44.8 cm³/mol. The monoisotopic (exact) mass is 208 g/mol. The van der Waals surface area contributed by atoms with Crippen LogP contribution in [0, 0.1) is 0 Å². The maximum absolute atomic E-state index is 12.2. The van der Waals surface area contributed by atoms with E-state index in [-0.39, 0.29) is 23.0 Å². The highest BCUT2D eigenvalue weighted by Gasteiger charge is 2.14. The average Bonchev–Trinajstić information content (AvgIpc) is 2.09. The summed E-state index contributed by atoms with van der Waals surface area (Å²) < 4.78 is 24.3. The summed E-state index contributed by atoms with van der Waals surface area (Å²) in [7, 11) is 0. The Morgan fingerprint density at radius 2 is 2.23 bits per heavy atom. The van der Waals surface area contributed by atoms with Gasteiger partial charge in [0.15, 0.2) is 11.6 Å². The lowest BCUT2D eigenvalue weighted by Gasteiger charge is -2.06. The third kappa shape index (κ3) is 1.98. The molecular weight excluding hydrogens is 202 g/mol. The third-order valence-electron chi connectivity index (χ3n) is 1.49. The number of rotatable bonds is 2. The van der Waals surface area contributed by atoms with E-state index in [2.05, 4.69) is 4.98 Å². The first-order valence-electron chi connectivity index (χ1n) is 3.38. The van der Waals surface area contributed by atoms with Crippen molar-refractivity contribution in [3.8, 4) is 5.75 Å². The highest BCUT2D eigenvalue weighted by atomic mass is 35.5. The fraction of sp³-hybridized carbons (Fsp3) is 0.286. The SMILES string of the molecule is Nc1nc(C(F)F)cc(CCl)c1O. The van der Waals surface area contributed by atoms with Gasteiger partial charge < -0.3 is 10.8 Å². The van der Waals surface area contributed by atoms with Gasteiger partial charge in [0, 0.05) is 5.56 Å². The van der Waals surface area contributed by atoms with Gasteiger partial charge in [-0.1, -0.05) is 0 Å². The van der Waals surface area contributed by atoms with Crippen LogP contribution in [0.1, 0.15) is 17.7 Å². The van der Waals surface area contributed by atoms with Crippen molar-refractivity contribution in [2.75, 3.05) is 5.73 Å². The summed E-state index contributed by atoms with van der Waals surface area (Å²) >= 11 is 5.39. The number of nitrogens with zero attached hydrogens (tertiary/aromatic N) is 1. The zero-order chi connectivity index (χ0) is 10.0. The van der Waals surface area contributed by atoms with Gasteiger partial charge in [0.2, 0.25) is 0 Å². The van der Waals surface area contributed by atoms with Gasteiger partial charge in [-0.05, 0) is 6.07 Å². The molecule has 6 heteroatoms. The Kier molecular flexibility index (Phi) is 2.87. The Morgan fingerprint density at radius 3 is 2.69 bits per heavy atom. The van der Waals surface area contributed by atoms with Gasteiger partial charge in [-0.3, -0.25) is 0 Å². The lowest BCUT2D eigenvalue weighted by atomic mass is 10.2. The zero-order valence-electron chi connectivity index (χ0n) is 6.47. The highest BCUT2D eigenvalue weighted by Crippen LogP contribution is 2.28. The molecule has 0 bridgehead atoms. The molecule has 0 aliphatic carbocycles. The van der Waals surface area contributed by atoms with E-state index in [0.29, 0.717) is 0 Å². The van der Waals surface area contributed by atoms with Crippen LogP contribution in [0.15, 0.2) is 6.07 Å². The van der Waals surface area contributed by atoms with E-state index in [9.17, 15) is 13.9 Å². The first kappa shape index (κ1) is 9.98. The van der Waals surface area contributed by atoms with Gasteiger partial charge in [-0.2, -0.15) is 0 Å². The predicted octanol–water partition coefficient (Wildman–Crippen LogP) is 2.05. The molecule has 3 N–H and O–H groups in total. The summed E-state index contributed by atoms with van der Waals surface area (Å²) in [6, 6.07) is 1.03. The molecule has 0 aromatic carbocycles. The minimum atomic E-state index is -2.72. The molecule has 0 saturated carbocycles. The van der Waals surface area contributed by atoms with Crippen molar-refractivity contribution >= 4 is 17.4 Å². The van der Waals surface area contributed by atoms with Gasteiger partial charge in [0.1, 0.15) is 5.69 Å². The molecule has 1 rings (SSSR count). The van der Waals surface area contributed by atoms with Crippen LogP contribution in [0.2, 0.25) is 0 Å². The lowest BCUT2D eigenvalue weighted by molar-refractivity contribution is 0.146. The number of nitrogens with two attached hydrogens (primary N) is 1. The summed E-state index contributed by atoms with van der Waals surface area (Å²) in [6.07, 6.45) is -2.72. The number of pyridine rings is 1. The van der Waals surface area contributed by atoms with E-state index < -0.39 is 12.1 Å². The number of aromatic hydroxyl groups is 1. The Bertz CT molecular complexity index is 320. The van der Waals surface area contributed by atoms with E-state index in [4.69, 9.17) is 17.3 Å². The summed E-state index contributed by atoms with van der Waals surface area (Å²) in [5, 5.41) is 9.19. The number of hydrogen-bond donors (Lipinski definition) is 2. The molecule has 0 amide bonds. The molecule has 1 aromatic rings. The molecule has 0 fully saturated rings. The van der Waals surface area contributed by atoms with Crippen LogP contribution in [0.5, 0.6) is 5.75 Å². The second-order valence-electron chi connectivity index (χ2n) is 2.37. The first-order valence-corrected chi connectivity index (χ1v) is 3.92. The fourth-order valence-electron chi connectivity index (χ4n) is 0.849. The van der Waals surface area contributed by atoms with Crippen LogP contribution in [-0.2, 0) is 5.88 Å². The van der Waals surface area contributed by atoms with Crippen LogP contribution < -0.4 is 5.73 Å². The van der Waals surface area contributed by atoms with E-state index in [1.165, 1.54) is 0 Å². The van der Waals surface area contributed by atoms with Crippen molar-refractivity contribution in [2.24, 2.45) is 0 Å². The largest absolute Gasteiger partial charge is 0.504 e. The number of hydrogen-bond acceptors (Lipinski definition) is 3. The molecule has 1 aromatic heterocycles. The van der Waals surface area contributed by atoms with Gasteiger partial charge >= 0.3 is 0 Å². The van der Waals surface area contributed by atoms with Crippen LogP contribution in [0.4, 0.5) is 14.6 Å². The molecule has 72 valence electrons. The fourth-order valence-corrected chi connectivity index (χ4v) is 1.05. The van der Waals surface area contributed by atoms with Crippen molar-refractivity contribution in [1.29, 1.82) is 0 Å². The number of anilines is 1.